The van der Waals surface area contributed by atoms with Gasteiger partial charge in [0, 0.05) is 26.1 Å². The Hall–Kier alpha value is -0.840. The largest absolute Gasteiger partial charge is 0.393 e. The molecule has 1 saturated heterocycles. The zero-order chi connectivity index (χ0) is 11.3. The molecule has 0 atom stereocenters. The second-order valence-electron chi connectivity index (χ2n) is 4.12. The van der Waals surface area contributed by atoms with Crippen LogP contribution in [-0.2, 0) is 0 Å². The van der Waals surface area contributed by atoms with Gasteiger partial charge >= 0.3 is 6.03 Å². The van der Waals surface area contributed by atoms with Crippen molar-refractivity contribution in [3.63, 3.8) is 0 Å². The fourth-order valence-corrected chi connectivity index (χ4v) is 1.72. The van der Waals surface area contributed by atoms with E-state index in [9.17, 15) is 4.79 Å². The lowest BCUT2D eigenvalue weighted by molar-refractivity contribution is 0.174. The number of urea groups is 1. The third-order valence-electron chi connectivity index (χ3n) is 2.72. The molecule has 0 saturated carbocycles. The van der Waals surface area contributed by atoms with E-state index in [-0.39, 0.29) is 6.03 Å². The topological polar surface area (TPSA) is 58.4 Å². The molecular formula is C10H19N3OS. The molecule has 0 radical (unpaired) electrons. The number of hydrogen-bond donors (Lipinski definition) is 2. The van der Waals surface area contributed by atoms with Gasteiger partial charge in [0.25, 0.3) is 0 Å². The highest BCUT2D eigenvalue weighted by molar-refractivity contribution is 7.80. The molecule has 0 aromatic carbocycles. The summed E-state index contributed by atoms with van der Waals surface area (Å²) in [4.78, 5) is 13.9. The van der Waals surface area contributed by atoms with Gasteiger partial charge in [0.1, 0.15) is 0 Å². The monoisotopic (exact) mass is 229 g/mol. The maximum Gasteiger partial charge on any atom is 0.317 e. The van der Waals surface area contributed by atoms with E-state index in [0.717, 1.165) is 31.8 Å². The summed E-state index contributed by atoms with van der Waals surface area (Å²) in [5.41, 5.74) is 5.34. The lowest BCUT2D eigenvalue weighted by atomic mass is 10.00. The number of rotatable bonds is 3. The SMILES string of the molecule is CC1CCN(C(=O)NCCC(N)=S)CC1. The van der Waals surface area contributed by atoms with Gasteiger partial charge < -0.3 is 16.0 Å². The number of piperidine rings is 1. The van der Waals surface area contributed by atoms with Crippen molar-refractivity contribution in [1.29, 1.82) is 0 Å². The van der Waals surface area contributed by atoms with Gasteiger partial charge in [-0.1, -0.05) is 19.1 Å². The lowest BCUT2D eigenvalue weighted by Gasteiger charge is -2.30. The van der Waals surface area contributed by atoms with E-state index >= 15 is 0 Å². The third kappa shape index (κ3) is 4.46. The summed E-state index contributed by atoms with van der Waals surface area (Å²) in [5.74, 6) is 0.741. The minimum absolute atomic E-state index is 0.0122. The summed E-state index contributed by atoms with van der Waals surface area (Å²) in [5, 5.41) is 2.82. The van der Waals surface area contributed by atoms with Crippen molar-refractivity contribution >= 4 is 23.2 Å². The molecule has 1 aliphatic rings. The highest BCUT2D eigenvalue weighted by atomic mass is 32.1. The molecule has 15 heavy (non-hydrogen) atoms. The molecule has 5 heteroatoms. The lowest BCUT2D eigenvalue weighted by Crippen LogP contribution is -2.44. The van der Waals surface area contributed by atoms with Crippen molar-refractivity contribution in [2.75, 3.05) is 19.6 Å². The fraction of sp³-hybridized carbons (Fsp3) is 0.800. The van der Waals surface area contributed by atoms with E-state index in [2.05, 4.69) is 12.2 Å². The van der Waals surface area contributed by atoms with Crippen molar-refractivity contribution in [3.05, 3.63) is 0 Å². The molecule has 1 fully saturated rings. The van der Waals surface area contributed by atoms with E-state index in [0.29, 0.717) is 18.0 Å². The van der Waals surface area contributed by atoms with Crippen LogP contribution in [-0.4, -0.2) is 35.6 Å². The van der Waals surface area contributed by atoms with E-state index in [4.69, 9.17) is 18.0 Å². The second-order valence-corrected chi connectivity index (χ2v) is 4.64. The van der Waals surface area contributed by atoms with Crippen molar-refractivity contribution in [2.24, 2.45) is 11.7 Å². The Morgan fingerprint density at radius 2 is 2.13 bits per heavy atom. The van der Waals surface area contributed by atoms with Crippen LogP contribution in [0.5, 0.6) is 0 Å². The summed E-state index contributed by atoms with van der Waals surface area (Å²) in [7, 11) is 0. The quantitative estimate of drug-likeness (QED) is 0.713. The first-order chi connectivity index (χ1) is 7.09. The summed E-state index contributed by atoms with van der Waals surface area (Å²) in [6.45, 7) is 4.49. The summed E-state index contributed by atoms with van der Waals surface area (Å²) >= 11 is 4.73. The fourth-order valence-electron chi connectivity index (χ4n) is 1.62. The van der Waals surface area contributed by atoms with Gasteiger partial charge in [0.05, 0.1) is 4.99 Å². The molecule has 3 N–H and O–H groups in total. The molecule has 0 bridgehead atoms. The van der Waals surface area contributed by atoms with Crippen molar-refractivity contribution in [1.82, 2.24) is 10.2 Å². The third-order valence-corrected chi connectivity index (χ3v) is 2.92. The molecular weight excluding hydrogens is 210 g/mol. The van der Waals surface area contributed by atoms with Crippen molar-refractivity contribution in [2.45, 2.75) is 26.2 Å². The minimum Gasteiger partial charge on any atom is -0.393 e. The van der Waals surface area contributed by atoms with E-state index in [1.54, 1.807) is 0 Å². The van der Waals surface area contributed by atoms with Crippen LogP contribution in [0.1, 0.15) is 26.2 Å². The Labute approximate surface area is 96.2 Å². The van der Waals surface area contributed by atoms with E-state index in [1.807, 2.05) is 4.90 Å². The molecule has 1 aliphatic heterocycles. The van der Waals surface area contributed by atoms with Gasteiger partial charge in [-0.15, -0.1) is 0 Å². The van der Waals surface area contributed by atoms with Crippen LogP contribution in [0, 0.1) is 5.92 Å². The number of nitrogens with zero attached hydrogens (tertiary/aromatic N) is 1. The smallest absolute Gasteiger partial charge is 0.317 e. The Morgan fingerprint density at radius 1 is 1.53 bits per heavy atom. The predicted molar refractivity (Wildman–Crippen MR) is 64.8 cm³/mol. The number of amides is 2. The Kier molecular flexibility index (Phi) is 4.81. The highest BCUT2D eigenvalue weighted by Gasteiger charge is 2.19. The number of nitrogens with one attached hydrogen (secondary N) is 1. The van der Waals surface area contributed by atoms with Gasteiger partial charge in [-0.2, -0.15) is 0 Å². The van der Waals surface area contributed by atoms with E-state index < -0.39 is 0 Å². The molecule has 1 heterocycles. The molecule has 0 spiro atoms. The first-order valence-electron chi connectivity index (χ1n) is 5.40. The molecule has 4 nitrogen and oxygen atoms in total. The summed E-state index contributed by atoms with van der Waals surface area (Å²) in [6.07, 6.45) is 2.77. The molecule has 1 rings (SSSR count). The number of nitrogens with two attached hydrogens (primary N) is 1. The molecule has 2 amide bonds. The van der Waals surface area contributed by atoms with Crippen LogP contribution >= 0.6 is 12.2 Å². The molecule has 86 valence electrons. The van der Waals surface area contributed by atoms with E-state index in [1.165, 1.54) is 0 Å². The summed E-state index contributed by atoms with van der Waals surface area (Å²) in [6, 6.07) is 0.0122. The molecule has 0 aromatic heterocycles. The van der Waals surface area contributed by atoms with Gasteiger partial charge in [-0.25, -0.2) is 4.79 Å². The zero-order valence-electron chi connectivity index (χ0n) is 9.16. The van der Waals surface area contributed by atoms with Gasteiger partial charge in [-0.3, -0.25) is 0 Å². The molecule has 0 aromatic rings. The van der Waals surface area contributed by atoms with Crippen molar-refractivity contribution in [3.8, 4) is 0 Å². The number of likely N-dealkylation sites (tertiary alicyclic amines) is 1. The average molecular weight is 229 g/mol. The standard InChI is InChI=1S/C10H19N3OS/c1-8-3-6-13(7-4-8)10(14)12-5-2-9(11)15/h8H,2-7H2,1H3,(H2,11,15)(H,12,14). The van der Waals surface area contributed by atoms with Crippen LogP contribution < -0.4 is 11.1 Å². The molecule has 0 aliphatic carbocycles. The first kappa shape index (κ1) is 12.2. The minimum atomic E-state index is 0.0122. The number of carbonyl (C=O) groups is 1. The van der Waals surface area contributed by atoms with Crippen LogP contribution in [0.15, 0.2) is 0 Å². The zero-order valence-corrected chi connectivity index (χ0v) is 9.98. The maximum absolute atomic E-state index is 11.6. The van der Waals surface area contributed by atoms with Crippen molar-refractivity contribution < 1.29 is 4.79 Å². The Bertz CT molecular complexity index is 237. The predicted octanol–water partition coefficient (Wildman–Crippen LogP) is 1.10. The first-order valence-corrected chi connectivity index (χ1v) is 5.81. The summed E-state index contributed by atoms with van der Waals surface area (Å²) < 4.78 is 0. The maximum atomic E-state index is 11.6. The highest BCUT2D eigenvalue weighted by Crippen LogP contribution is 2.15. The molecule has 0 unspecified atom stereocenters. The number of hydrogen-bond acceptors (Lipinski definition) is 2. The van der Waals surface area contributed by atoms with Crippen LogP contribution in [0.4, 0.5) is 4.79 Å². The second kappa shape index (κ2) is 5.90. The van der Waals surface area contributed by atoms with Gasteiger partial charge in [0.2, 0.25) is 0 Å². The normalized spacial score (nSPS) is 17.5. The van der Waals surface area contributed by atoms with Gasteiger partial charge in [-0.05, 0) is 18.8 Å². The Morgan fingerprint density at radius 3 is 2.67 bits per heavy atom. The van der Waals surface area contributed by atoms with Crippen LogP contribution in [0.2, 0.25) is 0 Å². The number of carbonyl (C=O) groups excluding carboxylic acids is 1. The van der Waals surface area contributed by atoms with Crippen LogP contribution in [0.25, 0.3) is 0 Å². The average Bonchev–Trinajstić information content (AvgIpc) is 2.18. The number of thiocarbonyl (C=S) groups is 1. The Balaban J connectivity index is 2.19. The van der Waals surface area contributed by atoms with Gasteiger partial charge in [0.15, 0.2) is 0 Å². The van der Waals surface area contributed by atoms with Crippen LogP contribution in [0.3, 0.4) is 0 Å².